The van der Waals surface area contributed by atoms with Crippen LogP contribution in [-0.4, -0.2) is 39.4 Å². The Balaban J connectivity index is 1.35. The molecule has 2 heterocycles. The van der Waals surface area contributed by atoms with E-state index in [9.17, 15) is 9.18 Å². The second kappa shape index (κ2) is 11.8. The van der Waals surface area contributed by atoms with Crippen LogP contribution < -0.4 is 5.32 Å². The average Bonchev–Trinajstić information content (AvgIpc) is 3.55. The van der Waals surface area contributed by atoms with E-state index in [1.54, 1.807) is 23.5 Å². The number of aromatic nitrogens is 2. The number of amidine groups is 1. The van der Waals surface area contributed by atoms with Crippen LogP contribution in [0.2, 0.25) is 0 Å². The number of nitrogens with one attached hydrogen (secondary N) is 1. The highest BCUT2D eigenvalue weighted by Gasteiger charge is 2.37. The molecule has 6 nitrogen and oxygen atoms in total. The SMILES string of the molecule is O=C1NC(=NCCC(C2=CCCC=C2)c2ccccc2)C(c2cccc(F)c2)N1CCCn1ccnc1. The Morgan fingerprint density at radius 1 is 1.11 bits per heavy atom. The Hall–Kier alpha value is -4.00. The number of hydrogen-bond donors (Lipinski definition) is 1. The summed E-state index contributed by atoms with van der Waals surface area (Å²) in [4.78, 5) is 23.7. The fourth-order valence-electron chi connectivity index (χ4n) is 5.15. The summed E-state index contributed by atoms with van der Waals surface area (Å²) < 4.78 is 16.2. The largest absolute Gasteiger partial charge is 0.337 e. The van der Waals surface area contributed by atoms with Gasteiger partial charge in [0.1, 0.15) is 17.7 Å². The zero-order valence-corrected chi connectivity index (χ0v) is 20.8. The van der Waals surface area contributed by atoms with Crippen molar-refractivity contribution in [2.24, 2.45) is 4.99 Å². The van der Waals surface area contributed by atoms with Crippen LogP contribution in [0.3, 0.4) is 0 Å². The number of carbonyl (C=O) groups is 1. The number of rotatable bonds is 10. The zero-order chi connectivity index (χ0) is 25.5. The van der Waals surface area contributed by atoms with Gasteiger partial charge in [-0.25, -0.2) is 14.2 Å². The molecule has 5 rings (SSSR count). The number of imidazole rings is 1. The molecule has 2 aliphatic rings. The molecule has 1 N–H and O–H groups in total. The number of halogens is 1. The molecule has 37 heavy (non-hydrogen) atoms. The second-order valence-corrected chi connectivity index (χ2v) is 9.44. The lowest BCUT2D eigenvalue weighted by Crippen LogP contribution is -2.31. The lowest BCUT2D eigenvalue weighted by molar-refractivity contribution is 0.204. The van der Waals surface area contributed by atoms with E-state index in [2.05, 4.69) is 52.8 Å². The summed E-state index contributed by atoms with van der Waals surface area (Å²) in [6, 6.07) is 16.3. The molecule has 2 amide bonds. The van der Waals surface area contributed by atoms with Crippen LogP contribution in [0.15, 0.2) is 102 Å². The van der Waals surface area contributed by atoms with Gasteiger partial charge >= 0.3 is 6.03 Å². The maximum Gasteiger partial charge on any atom is 0.323 e. The van der Waals surface area contributed by atoms with Crippen molar-refractivity contribution in [3.63, 3.8) is 0 Å². The molecular formula is C30H32FN5O. The van der Waals surface area contributed by atoms with Crippen molar-refractivity contribution in [3.05, 3.63) is 114 Å². The number of urea groups is 1. The molecule has 2 aromatic carbocycles. The van der Waals surface area contributed by atoms with Gasteiger partial charge in [0.15, 0.2) is 0 Å². The molecule has 7 heteroatoms. The van der Waals surface area contributed by atoms with E-state index in [1.807, 2.05) is 22.9 Å². The fourth-order valence-corrected chi connectivity index (χ4v) is 5.15. The first-order valence-electron chi connectivity index (χ1n) is 12.9. The molecule has 1 aliphatic carbocycles. The number of aryl methyl sites for hydroxylation is 1. The summed E-state index contributed by atoms with van der Waals surface area (Å²) in [5.74, 6) is 0.492. The highest BCUT2D eigenvalue weighted by molar-refractivity contribution is 6.07. The van der Waals surface area contributed by atoms with Gasteiger partial charge < -0.3 is 9.47 Å². The van der Waals surface area contributed by atoms with E-state index in [0.29, 0.717) is 18.9 Å². The normalized spacial score (nSPS) is 19.2. The van der Waals surface area contributed by atoms with Crippen molar-refractivity contribution < 1.29 is 9.18 Å². The Kier molecular flexibility index (Phi) is 7.89. The van der Waals surface area contributed by atoms with Crippen LogP contribution in [-0.2, 0) is 6.54 Å². The highest BCUT2D eigenvalue weighted by Crippen LogP contribution is 2.32. The van der Waals surface area contributed by atoms with Crippen molar-refractivity contribution in [2.75, 3.05) is 13.1 Å². The molecule has 2 unspecified atom stereocenters. The van der Waals surface area contributed by atoms with E-state index in [4.69, 9.17) is 4.99 Å². The molecule has 0 spiro atoms. The number of nitrogens with zero attached hydrogens (tertiary/aromatic N) is 4. The summed E-state index contributed by atoms with van der Waals surface area (Å²) in [5.41, 5.74) is 3.30. The predicted octanol–water partition coefficient (Wildman–Crippen LogP) is 6.03. The third-order valence-corrected chi connectivity index (χ3v) is 6.93. The molecule has 190 valence electrons. The fraction of sp³-hybridized carbons (Fsp3) is 0.300. The van der Waals surface area contributed by atoms with Gasteiger partial charge in [0, 0.05) is 37.9 Å². The average molecular weight is 498 g/mol. The quantitative estimate of drug-likeness (QED) is 0.372. The first-order valence-corrected chi connectivity index (χ1v) is 12.9. The van der Waals surface area contributed by atoms with Gasteiger partial charge in [-0.05, 0) is 54.5 Å². The third kappa shape index (κ3) is 6.05. The topological polar surface area (TPSA) is 62.5 Å². The van der Waals surface area contributed by atoms with Crippen molar-refractivity contribution in [2.45, 2.75) is 44.2 Å². The van der Waals surface area contributed by atoms with E-state index in [0.717, 1.165) is 37.8 Å². The van der Waals surface area contributed by atoms with E-state index in [1.165, 1.54) is 23.3 Å². The summed E-state index contributed by atoms with van der Waals surface area (Å²) in [7, 11) is 0. The highest BCUT2D eigenvalue weighted by atomic mass is 19.1. The van der Waals surface area contributed by atoms with Crippen molar-refractivity contribution >= 4 is 11.9 Å². The van der Waals surface area contributed by atoms with E-state index >= 15 is 0 Å². The Morgan fingerprint density at radius 2 is 2.00 bits per heavy atom. The minimum absolute atomic E-state index is 0.198. The molecule has 1 saturated heterocycles. The van der Waals surface area contributed by atoms with E-state index in [-0.39, 0.29) is 17.8 Å². The van der Waals surface area contributed by atoms with Crippen LogP contribution in [0.5, 0.6) is 0 Å². The van der Waals surface area contributed by atoms with Gasteiger partial charge in [0.05, 0.1) is 6.33 Å². The maximum absolute atomic E-state index is 14.2. The number of amides is 2. The maximum atomic E-state index is 14.2. The standard InChI is InChI=1S/C30H32FN5O/c31-26-14-7-13-25(21-26)28-29(34-30(37)36(28)19-8-18-35-20-17-32-22-35)33-16-15-27(23-9-3-1-4-10-23)24-11-5-2-6-12-24/h1,3-5,7,9-14,17,20-22,27-28H,2,6,8,15-16,18-19H2,(H,33,34,37). The number of allylic oxidation sites excluding steroid dienone is 4. The minimum atomic E-state index is -0.435. The molecule has 3 aromatic rings. The van der Waals surface area contributed by atoms with Crippen LogP contribution in [0.25, 0.3) is 0 Å². The summed E-state index contributed by atoms with van der Waals surface area (Å²) in [6.45, 7) is 1.82. The number of hydrogen-bond acceptors (Lipinski definition) is 3. The second-order valence-electron chi connectivity index (χ2n) is 9.44. The van der Waals surface area contributed by atoms with Crippen LogP contribution in [0.1, 0.15) is 48.8 Å². The predicted molar refractivity (Wildman–Crippen MR) is 144 cm³/mol. The Bertz CT molecular complexity index is 1280. The molecule has 0 saturated carbocycles. The molecule has 0 radical (unpaired) electrons. The minimum Gasteiger partial charge on any atom is -0.337 e. The molecule has 0 bridgehead atoms. The van der Waals surface area contributed by atoms with Crippen LogP contribution in [0.4, 0.5) is 9.18 Å². The van der Waals surface area contributed by atoms with Crippen LogP contribution in [0, 0.1) is 5.82 Å². The molecular weight excluding hydrogens is 465 g/mol. The van der Waals surface area contributed by atoms with Gasteiger partial charge in [0.2, 0.25) is 0 Å². The first kappa shape index (κ1) is 24.7. The monoisotopic (exact) mass is 497 g/mol. The molecule has 1 aliphatic heterocycles. The Morgan fingerprint density at radius 3 is 2.76 bits per heavy atom. The molecule has 1 aromatic heterocycles. The molecule has 1 fully saturated rings. The van der Waals surface area contributed by atoms with Gasteiger partial charge in [0.25, 0.3) is 0 Å². The summed E-state index contributed by atoms with van der Waals surface area (Å²) >= 11 is 0. The third-order valence-electron chi connectivity index (χ3n) is 6.93. The van der Waals surface area contributed by atoms with E-state index < -0.39 is 6.04 Å². The zero-order valence-electron chi connectivity index (χ0n) is 20.8. The lowest BCUT2D eigenvalue weighted by Gasteiger charge is -2.24. The summed E-state index contributed by atoms with van der Waals surface area (Å²) in [5, 5.41) is 2.98. The summed E-state index contributed by atoms with van der Waals surface area (Å²) in [6.07, 6.45) is 15.9. The number of carbonyl (C=O) groups excluding carboxylic acids is 1. The van der Waals surface area contributed by atoms with Gasteiger partial charge in [-0.15, -0.1) is 0 Å². The molecule has 2 atom stereocenters. The first-order chi connectivity index (χ1) is 18.2. The van der Waals surface area contributed by atoms with Gasteiger partial charge in [-0.3, -0.25) is 10.3 Å². The smallest absolute Gasteiger partial charge is 0.323 e. The van der Waals surface area contributed by atoms with Crippen molar-refractivity contribution in [1.82, 2.24) is 19.8 Å². The van der Waals surface area contributed by atoms with Crippen LogP contribution >= 0.6 is 0 Å². The Labute approximate surface area is 217 Å². The van der Waals surface area contributed by atoms with Crippen molar-refractivity contribution in [1.29, 1.82) is 0 Å². The lowest BCUT2D eigenvalue weighted by atomic mass is 9.85. The van der Waals surface area contributed by atoms with Gasteiger partial charge in [-0.1, -0.05) is 60.7 Å². The van der Waals surface area contributed by atoms with Crippen molar-refractivity contribution in [3.8, 4) is 0 Å². The number of benzene rings is 2. The number of aliphatic imine (C=N–C) groups is 1. The van der Waals surface area contributed by atoms with Gasteiger partial charge in [-0.2, -0.15) is 0 Å².